The van der Waals surface area contributed by atoms with Gasteiger partial charge in [0.15, 0.2) is 0 Å². The Hall–Kier alpha value is -1.94. The normalized spacial score (nSPS) is 17.6. The minimum absolute atomic E-state index is 0.350. The Bertz CT molecular complexity index is 618. The maximum Gasteiger partial charge on any atom is 0.143 e. The Labute approximate surface area is 118 Å². The van der Waals surface area contributed by atoms with Gasteiger partial charge in [0.25, 0.3) is 0 Å². The summed E-state index contributed by atoms with van der Waals surface area (Å²) in [6.45, 7) is 0. The second-order valence-electron chi connectivity index (χ2n) is 5.03. The molecule has 0 amide bonds. The first-order valence-corrected chi connectivity index (χ1v) is 6.85. The third kappa shape index (κ3) is 2.06. The second kappa shape index (κ2) is 5.21. The zero-order valence-corrected chi connectivity index (χ0v) is 11.8. The lowest BCUT2D eigenvalue weighted by molar-refractivity contribution is 0.156. The maximum absolute atomic E-state index is 10.1. The summed E-state index contributed by atoms with van der Waals surface area (Å²) in [5, 5.41) is 10.1. The summed E-state index contributed by atoms with van der Waals surface area (Å²) in [5.74, 6) is 1.59. The molecule has 0 fully saturated rings. The number of fused-ring (bicyclic) bond motifs is 1. The number of aromatic nitrogens is 1. The molecule has 0 radical (unpaired) electrons. The van der Waals surface area contributed by atoms with Crippen LogP contribution in [0.4, 0.5) is 0 Å². The Balaban J connectivity index is 2.13. The van der Waals surface area contributed by atoms with Crippen LogP contribution in [0, 0.1) is 0 Å². The molecule has 4 nitrogen and oxygen atoms in total. The van der Waals surface area contributed by atoms with Crippen molar-refractivity contribution in [2.75, 3.05) is 14.2 Å². The van der Waals surface area contributed by atoms with Gasteiger partial charge >= 0.3 is 0 Å². The number of aliphatic hydroxyl groups is 1. The van der Waals surface area contributed by atoms with Gasteiger partial charge in [0, 0.05) is 23.5 Å². The van der Waals surface area contributed by atoms with E-state index in [0.29, 0.717) is 0 Å². The number of nitrogens with zero attached hydrogens (tertiary/aromatic N) is 1. The second-order valence-corrected chi connectivity index (χ2v) is 5.03. The van der Waals surface area contributed by atoms with Crippen LogP contribution in [0.25, 0.3) is 5.69 Å². The average Bonchev–Trinajstić information content (AvgIpc) is 2.92. The molecule has 0 spiro atoms. The van der Waals surface area contributed by atoms with Crippen LogP contribution in [-0.4, -0.2) is 23.9 Å². The van der Waals surface area contributed by atoms with E-state index in [4.69, 9.17) is 9.47 Å². The predicted molar refractivity (Wildman–Crippen MR) is 76.8 cm³/mol. The van der Waals surface area contributed by atoms with E-state index in [9.17, 15) is 5.11 Å². The number of aliphatic hydroxyl groups excluding tert-OH is 1. The minimum Gasteiger partial charge on any atom is -0.497 e. The number of methoxy groups -OCH3 is 2. The molecule has 2 aromatic rings. The minimum atomic E-state index is -0.350. The van der Waals surface area contributed by atoms with Crippen LogP contribution in [0.3, 0.4) is 0 Å². The third-order valence-electron chi connectivity index (χ3n) is 3.92. The van der Waals surface area contributed by atoms with E-state index in [1.165, 1.54) is 0 Å². The number of rotatable bonds is 3. The van der Waals surface area contributed by atoms with Crippen LogP contribution in [0.1, 0.15) is 30.2 Å². The van der Waals surface area contributed by atoms with Crippen molar-refractivity contribution in [1.29, 1.82) is 0 Å². The zero-order chi connectivity index (χ0) is 14.1. The van der Waals surface area contributed by atoms with Gasteiger partial charge in [0.2, 0.25) is 0 Å². The number of hydrogen-bond acceptors (Lipinski definition) is 3. The molecule has 0 saturated heterocycles. The van der Waals surface area contributed by atoms with Gasteiger partial charge in [-0.3, -0.25) is 0 Å². The van der Waals surface area contributed by atoms with E-state index < -0.39 is 0 Å². The average molecular weight is 273 g/mol. The first kappa shape index (κ1) is 13.1. The molecule has 1 atom stereocenters. The first-order valence-electron chi connectivity index (χ1n) is 6.85. The standard InChI is InChI=1S/C16H19NO3/c1-19-11-6-7-16(20-2)14(10-11)17-9-8-12-13(17)4-3-5-15(12)18/h6-10,15,18H,3-5H2,1-2H3. The fraction of sp³-hybridized carbons (Fsp3) is 0.375. The van der Waals surface area contributed by atoms with Crippen LogP contribution in [0.15, 0.2) is 30.5 Å². The van der Waals surface area contributed by atoms with Gasteiger partial charge < -0.3 is 19.1 Å². The van der Waals surface area contributed by atoms with E-state index in [2.05, 4.69) is 4.57 Å². The lowest BCUT2D eigenvalue weighted by atomic mass is 9.95. The summed E-state index contributed by atoms with van der Waals surface area (Å²) in [6.07, 6.45) is 4.46. The highest BCUT2D eigenvalue weighted by atomic mass is 16.5. The summed E-state index contributed by atoms with van der Waals surface area (Å²) in [5.41, 5.74) is 3.14. The number of hydrogen-bond donors (Lipinski definition) is 1. The SMILES string of the molecule is COc1ccc(OC)c(-n2ccc3c2CCCC3O)c1. The van der Waals surface area contributed by atoms with E-state index in [0.717, 1.165) is 47.7 Å². The molecule has 3 rings (SSSR count). The van der Waals surface area contributed by atoms with Crippen LogP contribution >= 0.6 is 0 Å². The highest BCUT2D eigenvalue weighted by Gasteiger charge is 2.22. The number of ether oxygens (including phenoxy) is 2. The van der Waals surface area contributed by atoms with Gasteiger partial charge in [-0.1, -0.05) is 0 Å². The fourth-order valence-corrected chi connectivity index (χ4v) is 2.88. The monoisotopic (exact) mass is 273 g/mol. The van der Waals surface area contributed by atoms with E-state index in [-0.39, 0.29) is 6.10 Å². The van der Waals surface area contributed by atoms with Crippen molar-refractivity contribution in [2.24, 2.45) is 0 Å². The van der Waals surface area contributed by atoms with Crippen LogP contribution < -0.4 is 9.47 Å². The molecule has 1 aliphatic carbocycles. The van der Waals surface area contributed by atoms with Crippen molar-refractivity contribution in [3.8, 4) is 17.2 Å². The lowest BCUT2D eigenvalue weighted by Crippen LogP contribution is -2.11. The van der Waals surface area contributed by atoms with Gasteiger partial charge in [0.05, 0.1) is 26.0 Å². The molecule has 0 saturated carbocycles. The van der Waals surface area contributed by atoms with Crippen molar-refractivity contribution in [3.63, 3.8) is 0 Å². The first-order chi connectivity index (χ1) is 9.74. The quantitative estimate of drug-likeness (QED) is 0.935. The summed E-state index contributed by atoms with van der Waals surface area (Å²) < 4.78 is 12.8. The molecule has 0 aliphatic heterocycles. The lowest BCUT2D eigenvalue weighted by Gasteiger charge is -2.21. The third-order valence-corrected chi connectivity index (χ3v) is 3.92. The predicted octanol–water partition coefficient (Wildman–Crippen LogP) is 2.86. The molecule has 0 bridgehead atoms. The van der Waals surface area contributed by atoms with Gasteiger partial charge in [-0.2, -0.15) is 0 Å². The Morgan fingerprint density at radius 1 is 1.20 bits per heavy atom. The molecule has 4 heteroatoms. The van der Waals surface area contributed by atoms with Gasteiger partial charge in [0.1, 0.15) is 11.5 Å². The molecule has 1 aliphatic rings. The molecule has 1 heterocycles. The van der Waals surface area contributed by atoms with Crippen LogP contribution in [0.5, 0.6) is 11.5 Å². The van der Waals surface area contributed by atoms with E-state index >= 15 is 0 Å². The smallest absolute Gasteiger partial charge is 0.143 e. The van der Waals surface area contributed by atoms with Crippen molar-refractivity contribution in [2.45, 2.75) is 25.4 Å². The van der Waals surface area contributed by atoms with Gasteiger partial charge in [-0.05, 0) is 37.5 Å². The van der Waals surface area contributed by atoms with Crippen molar-refractivity contribution in [3.05, 3.63) is 41.7 Å². The molecule has 1 aromatic heterocycles. The van der Waals surface area contributed by atoms with Crippen molar-refractivity contribution < 1.29 is 14.6 Å². The molecule has 106 valence electrons. The maximum atomic E-state index is 10.1. The number of benzene rings is 1. The summed E-state index contributed by atoms with van der Waals surface area (Å²) in [7, 11) is 3.32. The summed E-state index contributed by atoms with van der Waals surface area (Å²) in [4.78, 5) is 0. The summed E-state index contributed by atoms with van der Waals surface area (Å²) in [6, 6.07) is 7.74. The highest BCUT2D eigenvalue weighted by Crippen LogP contribution is 2.35. The van der Waals surface area contributed by atoms with Gasteiger partial charge in [-0.25, -0.2) is 0 Å². The molecular weight excluding hydrogens is 254 g/mol. The summed E-state index contributed by atoms with van der Waals surface area (Å²) >= 11 is 0. The van der Waals surface area contributed by atoms with E-state index in [1.807, 2.05) is 30.5 Å². The van der Waals surface area contributed by atoms with Crippen LogP contribution in [0.2, 0.25) is 0 Å². The Kier molecular flexibility index (Phi) is 3.40. The topological polar surface area (TPSA) is 43.6 Å². The highest BCUT2D eigenvalue weighted by molar-refractivity contribution is 5.53. The molecular formula is C16H19NO3. The Morgan fingerprint density at radius 3 is 2.80 bits per heavy atom. The zero-order valence-electron chi connectivity index (χ0n) is 11.8. The largest absolute Gasteiger partial charge is 0.497 e. The Morgan fingerprint density at radius 2 is 2.05 bits per heavy atom. The van der Waals surface area contributed by atoms with Crippen molar-refractivity contribution >= 4 is 0 Å². The molecule has 1 unspecified atom stereocenters. The fourth-order valence-electron chi connectivity index (χ4n) is 2.88. The van der Waals surface area contributed by atoms with Crippen LogP contribution in [-0.2, 0) is 6.42 Å². The van der Waals surface area contributed by atoms with E-state index in [1.54, 1.807) is 14.2 Å². The molecule has 1 aromatic carbocycles. The molecule has 20 heavy (non-hydrogen) atoms. The molecule has 1 N–H and O–H groups in total. The van der Waals surface area contributed by atoms with Crippen molar-refractivity contribution in [1.82, 2.24) is 4.57 Å². The van der Waals surface area contributed by atoms with Gasteiger partial charge in [-0.15, -0.1) is 0 Å².